The Morgan fingerprint density at radius 1 is 1.22 bits per heavy atom. The number of carboxylic acids is 1. The summed E-state index contributed by atoms with van der Waals surface area (Å²) in [6.07, 6.45) is 2.55. The van der Waals surface area contributed by atoms with Crippen molar-refractivity contribution < 1.29 is 19.1 Å². The molecule has 1 fully saturated rings. The van der Waals surface area contributed by atoms with Gasteiger partial charge in [-0.1, -0.05) is 12.1 Å². The van der Waals surface area contributed by atoms with E-state index in [-0.39, 0.29) is 29.8 Å². The van der Waals surface area contributed by atoms with Crippen molar-refractivity contribution in [3.8, 4) is 0 Å². The number of urea groups is 1. The molecule has 0 spiro atoms. The summed E-state index contributed by atoms with van der Waals surface area (Å²) in [6.45, 7) is 1.88. The third-order valence-corrected chi connectivity index (χ3v) is 4.66. The van der Waals surface area contributed by atoms with Gasteiger partial charge in [-0.2, -0.15) is 0 Å². The lowest BCUT2D eigenvalue weighted by Gasteiger charge is -2.31. The quantitative estimate of drug-likeness (QED) is 0.894. The molecule has 1 aromatic carbocycles. The smallest absolute Gasteiger partial charge is 0.317 e. The van der Waals surface area contributed by atoms with E-state index >= 15 is 0 Å². The molecule has 1 saturated carbocycles. The van der Waals surface area contributed by atoms with E-state index in [0.29, 0.717) is 25.7 Å². The molecular formula is C17H23FN2O3. The minimum absolute atomic E-state index is 0.0148. The van der Waals surface area contributed by atoms with Crippen LogP contribution in [0, 0.1) is 11.7 Å². The first-order valence-electron chi connectivity index (χ1n) is 7.90. The molecule has 0 heterocycles. The number of nitrogens with one attached hydrogen (secondary N) is 1. The largest absolute Gasteiger partial charge is 0.481 e. The molecule has 1 aromatic rings. The minimum Gasteiger partial charge on any atom is -0.481 e. The van der Waals surface area contributed by atoms with Crippen molar-refractivity contribution in [3.05, 3.63) is 35.6 Å². The number of carbonyl (C=O) groups is 2. The van der Waals surface area contributed by atoms with Crippen LogP contribution < -0.4 is 5.32 Å². The van der Waals surface area contributed by atoms with Gasteiger partial charge < -0.3 is 15.3 Å². The van der Waals surface area contributed by atoms with Gasteiger partial charge in [0.05, 0.1) is 12.0 Å². The Morgan fingerprint density at radius 3 is 2.30 bits per heavy atom. The van der Waals surface area contributed by atoms with Gasteiger partial charge in [-0.15, -0.1) is 0 Å². The fraction of sp³-hybridized carbons (Fsp3) is 0.529. The van der Waals surface area contributed by atoms with Crippen LogP contribution in [0.2, 0.25) is 0 Å². The second-order valence-corrected chi connectivity index (χ2v) is 6.17. The van der Waals surface area contributed by atoms with Crippen molar-refractivity contribution in [2.45, 2.75) is 44.7 Å². The van der Waals surface area contributed by atoms with E-state index in [4.69, 9.17) is 5.11 Å². The summed E-state index contributed by atoms with van der Waals surface area (Å²) in [6, 6.07) is 5.74. The van der Waals surface area contributed by atoms with Crippen LogP contribution in [0.1, 0.15) is 44.2 Å². The molecule has 1 aliphatic carbocycles. The first kappa shape index (κ1) is 17.2. The van der Waals surface area contributed by atoms with E-state index in [9.17, 15) is 14.0 Å². The van der Waals surface area contributed by atoms with Crippen LogP contribution in [0.15, 0.2) is 24.3 Å². The van der Waals surface area contributed by atoms with Crippen LogP contribution in [0.5, 0.6) is 0 Å². The SMILES string of the molecule is CC(c1ccc(F)cc1)N(C)C(=O)NC1CCC(C(=O)O)CC1. The third kappa shape index (κ3) is 4.43. The third-order valence-electron chi connectivity index (χ3n) is 4.66. The number of rotatable bonds is 4. The van der Waals surface area contributed by atoms with Gasteiger partial charge in [0, 0.05) is 13.1 Å². The van der Waals surface area contributed by atoms with Gasteiger partial charge in [-0.05, 0) is 50.3 Å². The molecule has 2 amide bonds. The van der Waals surface area contributed by atoms with Crippen molar-refractivity contribution >= 4 is 12.0 Å². The van der Waals surface area contributed by atoms with E-state index in [1.165, 1.54) is 12.1 Å². The van der Waals surface area contributed by atoms with Gasteiger partial charge in [0.15, 0.2) is 0 Å². The van der Waals surface area contributed by atoms with Gasteiger partial charge in [0.2, 0.25) is 0 Å². The number of carbonyl (C=O) groups excluding carboxylic acids is 1. The van der Waals surface area contributed by atoms with Gasteiger partial charge >= 0.3 is 12.0 Å². The monoisotopic (exact) mass is 322 g/mol. The van der Waals surface area contributed by atoms with E-state index in [1.807, 2.05) is 6.92 Å². The summed E-state index contributed by atoms with van der Waals surface area (Å²) in [7, 11) is 1.70. The molecule has 0 aromatic heterocycles. The van der Waals surface area contributed by atoms with Crippen LogP contribution in [0.25, 0.3) is 0 Å². The molecule has 6 heteroatoms. The maximum Gasteiger partial charge on any atom is 0.317 e. The summed E-state index contributed by atoms with van der Waals surface area (Å²) >= 11 is 0. The van der Waals surface area contributed by atoms with Gasteiger partial charge in [-0.3, -0.25) is 4.79 Å². The second kappa shape index (κ2) is 7.44. The van der Waals surface area contributed by atoms with Crippen molar-refractivity contribution in [1.29, 1.82) is 0 Å². The number of nitrogens with zero attached hydrogens (tertiary/aromatic N) is 1. The Bertz CT molecular complexity index is 553. The van der Waals surface area contributed by atoms with Crippen LogP contribution >= 0.6 is 0 Å². The molecule has 0 aliphatic heterocycles. The molecule has 0 saturated heterocycles. The van der Waals surface area contributed by atoms with E-state index < -0.39 is 5.97 Å². The average Bonchev–Trinajstić information content (AvgIpc) is 2.54. The molecule has 23 heavy (non-hydrogen) atoms. The predicted molar refractivity (Wildman–Crippen MR) is 84.5 cm³/mol. The fourth-order valence-electron chi connectivity index (χ4n) is 2.90. The highest BCUT2D eigenvalue weighted by Gasteiger charge is 2.28. The summed E-state index contributed by atoms with van der Waals surface area (Å²) in [5, 5.41) is 12.0. The predicted octanol–water partition coefficient (Wildman–Crippen LogP) is 3.17. The Labute approximate surface area is 135 Å². The van der Waals surface area contributed by atoms with E-state index in [0.717, 1.165) is 5.56 Å². The van der Waals surface area contributed by atoms with Crippen molar-refractivity contribution in [1.82, 2.24) is 10.2 Å². The van der Waals surface area contributed by atoms with Gasteiger partial charge in [-0.25, -0.2) is 9.18 Å². The highest BCUT2D eigenvalue weighted by molar-refractivity contribution is 5.75. The molecule has 5 nitrogen and oxygen atoms in total. The molecule has 2 N–H and O–H groups in total. The van der Waals surface area contributed by atoms with Crippen molar-refractivity contribution in [3.63, 3.8) is 0 Å². The fourth-order valence-corrected chi connectivity index (χ4v) is 2.90. The number of carboxylic acid groups (broad SMARTS) is 1. The number of amides is 2. The first-order chi connectivity index (χ1) is 10.9. The average molecular weight is 322 g/mol. The summed E-state index contributed by atoms with van der Waals surface area (Å²) in [4.78, 5) is 24.9. The first-order valence-corrected chi connectivity index (χ1v) is 7.90. The number of aliphatic carboxylic acids is 1. The van der Waals surface area contributed by atoms with Crippen LogP contribution in [0.3, 0.4) is 0 Å². The van der Waals surface area contributed by atoms with Gasteiger partial charge in [0.25, 0.3) is 0 Å². The molecule has 1 unspecified atom stereocenters. The second-order valence-electron chi connectivity index (χ2n) is 6.17. The molecule has 126 valence electrons. The summed E-state index contributed by atoms with van der Waals surface area (Å²) < 4.78 is 13.0. The number of halogens is 1. The molecule has 1 atom stereocenters. The Kier molecular flexibility index (Phi) is 5.58. The Hall–Kier alpha value is -2.11. The zero-order valence-electron chi connectivity index (χ0n) is 13.5. The number of hydrogen-bond donors (Lipinski definition) is 2. The van der Waals surface area contributed by atoms with Gasteiger partial charge in [0.1, 0.15) is 5.82 Å². The molecule has 1 aliphatic rings. The maximum atomic E-state index is 13.0. The normalized spacial score (nSPS) is 22.2. The molecular weight excluding hydrogens is 299 g/mol. The lowest BCUT2D eigenvalue weighted by Crippen LogP contribution is -2.45. The zero-order chi connectivity index (χ0) is 17.0. The molecule has 0 radical (unpaired) electrons. The molecule has 2 rings (SSSR count). The highest BCUT2D eigenvalue weighted by atomic mass is 19.1. The summed E-state index contributed by atoms with van der Waals surface area (Å²) in [5.74, 6) is -1.35. The van der Waals surface area contributed by atoms with Crippen molar-refractivity contribution in [2.24, 2.45) is 5.92 Å². The lowest BCUT2D eigenvalue weighted by molar-refractivity contribution is -0.142. The Balaban J connectivity index is 1.87. The zero-order valence-corrected chi connectivity index (χ0v) is 13.5. The minimum atomic E-state index is -0.753. The van der Waals surface area contributed by atoms with Crippen molar-refractivity contribution in [2.75, 3.05) is 7.05 Å². The Morgan fingerprint density at radius 2 is 1.78 bits per heavy atom. The number of benzene rings is 1. The highest BCUT2D eigenvalue weighted by Crippen LogP contribution is 2.25. The van der Waals surface area contributed by atoms with Crippen LogP contribution in [-0.2, 0) is 4.79 Å². The lowest BCUT2D eigenvalue weighted by atomic mass is 9.86. The molecule has 0 bridgehead atoms. The summed E-state index contributed by atoms with van der Waals surface area (Å²) in [5.41, 5.74) is 0.860. The topological polar surface area (TPSA) is 69.6 Å². The standard InChI is InChI=1S/C17H23FN2O3/c1-11(12-3-7-14(18)8-4-12)20(2)17(23)19-15-9-5-13(6-10-15)16(21)22/h3-4,7-8,11,13,15H,5-6,9-10H2,1-2H3,(H,19,23)(H,21,22). The number of hydrogen-bond acceptors (Lipinski definition) is 2. The maximum absolute atomic E-state index is 13.0. The van der Waals surface area contributed by atoms with Crippen LogP contribution in [-0.4, -0.2) is 35.1 Å². The van der Waals surface area contributed by atoms with E-state index in [1.54, 1.807) is 24.1 Å². The van der Waals surface area contributed by atoms with E-state index in [2.05, 4.69) is 5.32 Å². The van der Waals surface area contributed by atoms with Crippen LogP contribution in [0.4, 0.5) is 9.18 Å².